The lowest BCUT2D eigenvalue weighted by Gasteiger charge is -2.26. The van der Waals surface area contributed by atoms with Gasteiger partial charge in [0.05, 0.1) is 5.60 Å². The molecule has 0 amide bonds. The number of hydrogen-bond donors (Lipinski definition) is 2. The highest BCUT2D eigenvalue weighted by molar-refractivity contribution is 5.85. The molecule has 0 radical (unpaired) electrons. The predicted octanol–water partition coefficient (Wildman–Crippen LogP) is 1.55. The van der Waals surface area contributed by atoms with Crippen LogP contribution >= 0.6 is 12.4 Å². The zero-order valence-corrected chi connectivity index (χ0v) is 8.61. The summed E-state index contributed by atoms with van der Waals surface area (Å²) in [5, 5.41) is 9.41. The molecule has 0 aromatic carbocycles. The quantitative estimate of drug-likeness (QED) is 0.694. The van der Waals surface area contributed by atoms with Gasteiger partial charge in [-0.1, -0.05) is 13.8 Å². The first-order chi connectivity index (χ1) is 4.34. The number of halogens is 1. The second-order valence-corrected chi connectivity index (χ2v) is 3.89. The maximum Gasteiger partial charge on any atom is 0.0742 e. The highest BCUT2D eigenvalue weighted by atomic mass is 35.5. The lowest BCUT2D eigenvalue weighted by atomic mass is 9.92. The van der Waals surface area contributed by atoms with E-state index in [2.05, 4.69) is 13.8 Å². The minimum Gasteiger partial charge on any atom is -0.389 e. The van der Waals surface area contributed by atoms with Gasteiger partial charge < -0.3 is 10.8 Å². The molecule has 0 rings (SSSR count). The zero-order valence-electron chi connectivity index (χ0n) is 7.79. The molecular formula is C8H20ClNO. The molecule has 3 N–H and O–H groups in total. The fraction of sp³-hybridized carbons (Fsp3) is 1.00. The molecule has 0 spiro atoms. The second-order valence-electron chi connectivity index (χ2n) is 3.89. The first-order valence-corrected chi connectivity index (χ1v) is 3.82. The van der Waals surface area contributed by atoms with Crippen LogP contribution in [-0.4, -0.2) is 16.7 Å². The Hall–Kier alpha value is 0.210. The van der Waals surface area contributed by atoms with Crippen LogP contribution in [0.25, 0.3) is 0 Å². The molecule has 1 atom stereocenters. The summed E-state index contributed by atoms with van der Waals surface area (Å²) in [4.78, 5) is 0. The Morgan fingerprint density at radius 3 is 1.82 bits per heavy atom. The molecule has 3 heteroatoms. The van der Waals surface area contributed by atoms with Crippen molar-refractivity contribution in [1.29, 1.82) is 0 Å². The largest absolute Gasteiger partial charge is 0.389 e. The van der Waals surface area contributed by atoms with Gasteiger partial charge in [-0.25, -0.2) is 0 Å². The number of rotatable bonds is 3. The topological polar surface area (TPSA) is 46.2 Å². The molecule has 0 aromatic heterocycles. The highest BCUT2D eigenvalue weighted by Crippen LogP contribution is 2.13. The van der Waals surface area contributed by atoms with Gasteiger partial charge in [-0.3, -0.25) is 0 Å². The Morgan fingerprint density at radius 2 is 1.73 bits per heavy atom. The van der Waals surface area contributed by atoms with Gasteiger partial charge in [0.2, 0.25) is 0 Å². The van der Waals surface area contributed by atoms with Crippen LogP contribution in [0.2, 0.25) is 0 Å². The van der Waals surface area contributed by atoms with Crippen LogP contribution in [0.3, 0.4) is 0 Å². The number of aliphatic hydroxyl groups is 1. The smallest absolute Gasteiger partial charge is 0.0742 e. The molecule has 0 heterocycles. The van der Waals surface area contributed by atoms with E-state index in [4.69, 9.17) is 5.73 Å². The van der Waals surface area contributed by atoms with Gasteiger partial charge in [0.15, 0.2) is 0 Å². The first kappa shape index (κ1) is 13.8. The minimum atomic E-state index is -0.732. The third-order valence-corrected chi connectivity index (χ3v) is 1.63. The van der Waals surface area contributed by atoms with Crippen molar-refractivity contribution in [2.75, 3.05) is 0 Å². The molecule has 0 unspecified atom stereocenters. The summed E-state index contributed by atoms with van der Waals surface area (Å²) in [6.45, 7) is 7.71. The third kappa shape index (κ3) is 6.60. The van der Waals surface area contributed by atoms with Crippen molar-refractivity contribution in [3.8, 4) is 0 Å². The highest BCUT2D eigenvalue weighted by Gasteiger charge is 2.22. The third-order valence-electron chi connectivity index (χ3n) is 1.63. The van der Waals surface area contributed by atoms with Crippen molar-refractivity contribution in [2.45, 2.75) is 45.8 Å². The van der Waals surface area contributed by atoms with Crippen molar-refractivity contribution in [3.05, 3.63) is 0 Å². The van der Waals surface area contributed by atoms with Crippen LogP contribution in [0.1, 0.15) is 34.1 Å². The maximum atomic E-state index is 9.41. The summed E-state index contributed by atoms with van der Waals surface area (Å²) >= 11 is 0. The molecule has 70 valence electrons. The summed E-state index contributed by atoms with van der Waals surface area (Å²) < 4.78 is 0. The summed E-state index contributed by atoms with van der Waals surface area (Å²) in [6, 6.07) is -0.104. The van der Waals surface area contributed by atoms with E-state index in [1.54, 1.807) is 13.8 Å². The lowest BCUT2D eigenvalue weighted by molar-refractivity contribution is 0.0448. The average Bonchev–Trinajstić information content (AvgIpc) is 1.60. The molecule has 0 saturated heterocycles. The Labute approximate surface area is 75.6 Å². The van der Waals surface area contributed by atoms with E-state index < -0.39 is 5.60 Å². The standard InChI is InChI=1S/C8H19NO.ClH/c1-6(2)5-7(9)8(3,4)10;/h6-7,10H,5,9H2,1-4H3;1H/t7-;/m1./s1. The van der Waals surface area contributed by atoms with Crippen molar-refractivity contribution < 1.29 is 5.11 Å². The van der Waals surface area contributed by atoms with E-state index in [9.17, 15) is 5.11 Å². The molecule has 0 bridgehead atoms. The van der Waals surface area contributed by atoms with Crippen LogP contribution < -0.4 is 5.73 Å². The van der Waals surface area contributed by atoms with Crippen molar-refractivity contribution >= 4 is 12.4 Å². The van der Waals surface area contributed by atoms with E-state index in [1.807, 2.05) is 0 Å². The summed E-state index contributed by atoms with van der Waals surface area (Å²) in [5.41, 5.74) is 4.97. The fourth-order valence-corrected chi connectivity index (χ4v) is 0.796. The maximum absolute atomic E-state index is 9.41. The van der Waals surface area contributed by atoms with E-state index in [0.717, 1.165) is 6.42 Å². The summed E-state index contributed by atoms with van der Waals surface area (Å²) in [5.74, 6) is 0.557. The molecule has 0 aliphatic carbocycles. The van der Waals surface area contributed by atoms with Crippen LogP contribution in [-0.2, 0) is 0 Å². The van der Waals surface area contributed by atoms with E-state index in [1.165, 1.54) is 0 Å². The van der Waals surface area contributed by atoms with Gasteiger partial charge in [0.1, 0.15) is 0 Å². The number of nitrogens with two attached hydrogens (primary N) is 1. The Morgan fingerprint density at radius 1 is 1.36 bits per heavy atom. The molecule has 0 aromatic rings. The average molecular weight is 182 g/mol. The van der Waals surface area contributed by atoms with Gasteiger partial charge >= 0.3 is 0 Å². The zero-order chi connectivity index (χ0) is 8.36. The minimum absolute atomic E-state index is 0. The molecule has 0 aliphatic heterocycles. The second kappa shape index (κ2) is 4.96. The summed E-state index contributed by atoms with van der Waals surface area (Å²) in [7, 11) is 0. The molecule has 0 fully saturated rings. The number of hydrogen-bond acceptors (Lipinski definition) is 2. The Bertz CT molecular complexity index is 98.8. The van der Waals surface area contributed by atoms with Gasteiger partial charge in [0, 0.05) is 6.04 Å². The van der Waals surface area contributed by atoms with Gasteiger partial charge in [0.25, 0.3) is 0 Å². The van der Waals surface area contributed by atoms with Crippen LogP contribution in [0, 0.1) is 5.92 Å². The van der Waals surface area contributed by atoms with Gasteiger partial charge in [-0.2, -0.15) is 0 Å². The molecule has 11 heavy (non-hydrogen) atoms. The van der Waals surface area contributed by atoms with Crippen molar-refractivity contribution in [3.63, 3.8) is 0 Å². The molecular weight excluding hydrogens is 162 g/mol. The summed E-state index contributed by atoms with van der Waals surface area (Å²) in [6.07, 6.45) is 0.878. The first-order valence-electron chi connectivity index (χ1n) is 3.82. The molecule has 2 nitrogen and oxygen atoms in total. The van der Waals surface area contributed by atoms with E-state index in [0.29, 0.717) is 5.92 Å². The van der Waals surface area contributed by atoms with Crippen LogP contribution in [0.4, 0.5) is 0 Å². The molecule has 0 aliphatic rings. The van der Waals surface area contributed by atoms with E-state index >= 15 is 0 Å². The van der Waals surface area contributed by atoms with Gasteiger partial charge in [-0.05, 0) is 26.2 Å². The van der Waals surface area contributed by atoms with Crippen LogP contribution in [0.5, 0.6) is 0 Å². The van der Waals surface area contributed by atoms with Gasteiger partial charge in [-0.15, -0.1) is 12.4 Å². The van der Waals surface area contributed by atoms with Crippen LogP contribution in [0.15, 0.2) is 0 Å². The predicted molar refractivity (Wildman–Crippen MR) is 51.0 cm³/mol. The van der Waals surface area contributed by atoms with Crippen molar-refractivity contribution in [2.24, 2.45) is 11.7 Å². The van der Waals surface area contributed by atoms with Crippen molar-refractivity contribution in [1.82, 2.24) is 0 Å². The Kier molecular flexibility index (Phi) is 6.22. The molecule has 0 saturated carbocycles. The monoisotopic (exact) mass is 181 g/mol. The lowest BCUT2D eigenvalue weighted by Crippen LogP contribution is -2.43. The SMILES string of the molecule is CC(C)C[C@@H](N)C(C)(C)O.Cl. The fourth-order valence-electron chi connectivity index (χ4n) is 0.796. The Balaban J connectivity index is 0. The van der Waals surface area contributed by atoms with E-state index in [-0.39, 0.29) is 18.4 Å². The normalized spacial score (nSPS) is 14.5.